The molecule has 0 aliphatic carbocycles. The lowest BCUT2D eigenvalue weighted by Gasteiger charge is -2.27. The van der Waals surface area contributed by atoms with E-state index in [0.29, 0.717) is 32.5 Å². The molecule has 2 aliphatic rings. The summed E-state index contributed by atoms with van der Waals surface area (Å²) in [5.74, 6) is 0.314. The van der Waals surface area contributed by atoms with Gasteiger partial charge in [-0.3, -0.25) is 9.59 Å². The molecule has 0 bridgehead atoms. The van der Waals surface area contributed by atoms with E-state index >= 15 is 0 Å². The second-order valence-electron chi connectivity index (χ2n) is 7.84. The Hall–Kier alpha value is -1.88. The quantitative estimate of drug-likeness (QED) is 0.738. The highest BCUT2D eigenvalue weighted by atomic mass is 16.5. The highest BCUT2D eigenvalue weighted by Gasteiger charge is 2.24. The Labute approximate surface area is 162 Å². The average Bonchev–Trinajstić information content (AvgIpc) is 3.07. The van der Waals surface area contributed by atoms with E-state index in [2.05, 4.69) is 25.1 Å². The number of amides is 2. The summed E-state index contributed by atoms with van der Waals surface area (Å²) >= 11 is 0. The zero-order valence-electron chi connectivity index (χ0n) is 16.5. The van der Waals surface area contributed by atoms with Gasteiger partial charge >= 0.3 is 0 Å². The number of aryl methyl sites for hydroxylation is 1. The van der Waals surface area contributed by atoms with Crippen molar-refractivity contribution in [2.45, 2.75) is 64.5 Å². The maximum atomic E-state index is 13.0. The summed E-state index contributed by atoms with van der Waals surface area (Å²) in [6.45, 7) is 5.43. The molecule has 5 heteroatoms. The van der Waals surface area contributed by atoms with Crippen molar-refractivity contribution in [3.8, 4) is 0 Å². The summed E-state index contributed by atoms with van der Waals surface area (Å²) in [5.41, 5.74) is 2.35. The van der Waals surface area contributed by atoms with E-state index in [1.165, 1.54) is 5.56 Å². The highest BCUT2D eigenvalue weighted by molar-refractivity contribution is 5.79. The third-order valence-electron chi connectivity index (χ3n) is 5.52. The Kier molecular flexibility index (Phi) is 7.27. The van der Waals surface area contributed by atoms with Crippen LogP contribution >= 0.6 is 0 Å². The summed E-state index contributed by atoms with van der Waals surface area (Å²) < 4.78 is 5.76. The molecule has 148 valence electrons. The van der Waals surface area contributed by atoms with Gasteiger partial charge < -0.3 is 14.5 Å². The first-order chi connectivity index (χ1) is 13.1. The third-order valence-corrected chi connectivity index (χ3v) is 5.52. The number of carbonyl (C=O) groups excluding carboxylic acids is 2. The first-order valence-electron chi connectivity index (χ1n) is 10.3. The Morgan fingerprint density at radius 1 is 1.26 bits per heavy atom. The van der Waals surface area contributed by atoms with E-state index < -0.39 is 0 Å². The molecule has 3 rings (SSSR count). The SMILES string of the molecule is Cc1cccc(CN(CC2CCCO2)C(=O)CCN2CCCCCC2=O)c1. The number of nitrogens with zero attached hydrogens (tertiary/aromatic N) is 2. The largest absolute Gasteiger partial charge is 0.376 e. The van der Waals surface area contributed by atoms with E-state index in [-0.39, 0.29) is 17.9 Å². The van der Waals surface area contributed by atoms with Crippen molar-refractivity contribution in [2.24, 2.45) is 0 Å². The van der Waals surface area contributed by atoms with E-state index in [1.807, 2.05) is 15.9 Å². The highest BCUT2D eigenvalue weighted by Crippen LogP contribution is 2.17. The summed E-state index contributed by atoms with van der Waals surface area (Å²) in [6, 6.07) is 8.31. The van der Waals surface area contributed by atoms with Gasteiger partial charge in [0.05, 0.1) is 6.10 Å². The Morgan fingerprint density at radius 3 is 2.93 bits per heavy atom. The second kappa shape index (κ2) is 9.88. The molecular formula is C22H32N2O3. The van der Waals surface area contributed by atoms with Crippen LogP contribution in [0.1, 0.15) is 56.1 Å². The molecule has 1 unspecified atom stereocenters. The number of hydrogen-bond donors (Lipinski definition) is 0. The molecule has 1 aromatic rings. The van der Waals surface area contributed by atoms with Gasteiger partial charge in [-0.2, -0.15) is 0 Å². The molecule has 0 spiro atoms. The lowest BCUT2D eigenvalue weighted by atomic mass is 10.1. The Bertz CT molecular complexity index is 640. The van der Waals surface area contributed by atoms with Crippen LogP contribution in [0.4, 0.5) is 0 Å². The summed E-state index contributed by atoms with van der Waals surface area (Å²) in [7, 11) is 0. The summed E-state index contributed by atoms with van der Waals surface area (Å²) in [5, 5.41) is 0. The van der Waals surface area contributed by atoms with E-state index in [1.54, 1.807) is 0 Å². The zero-order valence-corrected chi connectivity index (χ0v) is 16.5. The van der Waals surface area contributed by atoms with Gasteiger partial charge in [0.2, 0.25) is 11.8 Å². The van der Waals surface area contributed by atoms with Crippen LogP contribution in [0.2, 0.25) is 0 Å². The minimum Gasteiger partial charge on any atom is -0.376 e. The molecule has 2 aliphatic heterocycles. The van der Waals surface area contributed by atoms with Crippen molar-refractivity contribution in [3.05, 3.63) is 35.4 Å². The molecule has 5 nitrogen and oxygen atoms in total. The first-order valence-corrected chi connectivity index (χ1v) is 10.3. The first kappa shape index (κ1) is 19.9. The molecule has 2 fully saturated rings. The molecule has 0 N–H and O–H groups in total. The van der Waals surface area contributed by atoms with Crippen LogP contribution in [0.5, 0.6) is 0 Å². The summed E-state index contributed by atoms with van der Waals surface area (Å²) in [6.07, 6.45) is 6.36. The van der Waals surface area contributed by atoms with Gasteiger partial charge in [-0.15, -0.1) is 0 Å². The van der Waals surface area contributed by atoms with Crippen LogP contribution in [0.3, 0.4) is 0 Å². The Balaban J connectivity index is 1.61. The molecule has 1 aromatic carbocycles. The van der Waals surface area contributed by atoms with Crippen molar-refractivity contribution >= 4 is 11.8 Å². The molecule has 2 saturated heterocycles. The van der Waals surface area contributed by atoms with Crippen LogP contribution in [-0.2, 0) is 20.9 Å². The van der Waals surface area contributed by atoms with Gasteiger partial charge in [-0.05, 0) is 38.2 Å². The van der Waals surface area contributed by atoms with Gasteiger partial charge in [-0.25, -0.2) is 0 Å². The maximum Gasteiger partial charge on any atom is 0.224 e. The van der Waals surface area contributed by atoms with Crippen molar-refractivity contribution in [1.82, 2.24) is 9.80 Å². The van der Waals surface area contributed by atoms with Crippen LogP contribution < -0.4 is 0 Å². The van der Waals surface area contributed by atoms with E-state index in [0.717, 1.165) is 50.8 Å². The maximum absolute atomic E-state index is 13.0. The molecule has 0 saturated carbocycles. The van der Waals surface area contributed by atoms with Crippen molar-refractivity contribution < 1.29 is 14.3 Å². The van der Waals surface area contributed by atoms with Gasteiger partial charge in [0, 0.05) is 45.6 Å². The fourth-order valence-electron chi connectivity index (χ4n) is 3.98. The fraction of sp³-hybridized carbons (Fsp3) is 0.636. The minimum absolute atomic E-state index is 0.115. The zero-order chi connectivity index (χ0) is 19.1. The van der Waals surface area contributed by atoms with E-state index in [4.69, 9.17) is 4.74 Å². The normalized spacial score (nSPS) is 20.6. The smallest absolute Gasteiger partial charge is 0.224 e. The van der Waals surface area contributed by atoms with Crippen LogP contribution in [0.15, 0.2) is 24.3 Å². The van der Waals surface area contributed by atoms with E-state index in [9.17, 15) is 9.59 Å². The van der Waals surface area contributed by atoms with Gasteiger partial charge in [0.1, 0.15) is 0 Å². The predicted molar refractivity (Wildman–Crippen MR) is 105 cm³/mol. The topological polar surface area (TPSA) is 49.9 Å². The predicted octanol–water partition coefficient (Wildman–Crippen LogP) is 3.30. The lowest BCUT2D eigenvalue weighted by molar-refractivity contribution is -0.135. The standard InChI is InChI=1S/C22H32N2O3/c1-18-7-5-8-19(15-18)16-24(17-20-9-6-14-27-20)22(26)11-13-23-12-4-2-3-10-21(23)25/h5,7-8,15,20H,2-4,6,9-14,16-17H2,1H3. The molecule has 27 heavy (non-hydrogen) atoms. The van der Waals surface area contributed by atoms with Crippen LogP contribution in [-0.4, -0.2) is 54.0 Å². The minimum atomic E-state index is 0.115. The third kappa shape index (κ3) is 6.06. The van der Waals surface area contributed by atoms with Gasteiger partial charge in [0.15, 0.2) is 0 Å². The molecular weight excluding hydrogens is 340 g/mol. The number of benzene rings is 1. The van der Waals surface area contributed by atoms with Gasteiger partial charge in [-0.1, -0.05) is 36.2 Å². The second-order valence-corrected chi connectivity index (χ2v) is 7.84. The number of rotatable bonds is 7. The molecule has 2 amide bonds. The molecule has 0 radical (unpaired) electrons. The van der Waals surface area contributed by atoms with Crippen molar-refractivity contribution in [1.29, 1.82) is 0 Å². The number of hydrogen-bond acceptors (Lipinski definition) is 3. The van der Waals surface area contributed by atoms with Crippen molar-refractivity contribution in [2.75, 3.05) is 26.2 Å². The number of ether oxygens (including phenoxy) is 1. The Morgan fingerprint density at radius 2 is 2.15 bits per heavy atom. The molecule has 0 aromatic heterocycles. The summed E-state index contributed by atoms with van der Waals surface area (Å²) in [4.78, 5) is 29.0. The van der Waals surface area contributed by atoms with Gasteiger partial charge in [0.25, 0.3) is 0 Å². The van der Waals surface area contributed by atoms with Crippen LogP contribution in [0, 0.1) is 6.92 Å². The number of carbonyl (C=O) groups is 2. The molecule has 1 atom stereocenters. The van der Waals surface area contributed by atoms with Crippen molar-refractivity contribution in [3.63, 3.8) is 0 Å². The molecule has 2 heterocycles. The monoisotopic (exact) mass is 372 g/mol. The lowest BCUT2D eigenvalue weighted by Crippen LogP contribution is -2.40. The number of likely N-dealkylation sites (tertiary alicyclic amines) is 1. The van der Waals surface area contributed by atoms with Crippen LogP contribution in [0.25, 0.3) is 0 Å². The fourth-order valence-corrected chi connectivity index (χ4v) is 3.98. The average molecular weight is 373 g/mol.